The Bertz CT molecular complexity index is 1150. The highest BCUT2D eigenvalue weighted by Gasteiger charge is 2.09. The van der Waals surface area contributed by atoms with E-state index < -0.39 is 6.03 Å². The summed E-state index contributed by atoms with van der Waals surface area (Å²) < 4.78 is 2.23. The van der Waals surface area contributed by atoms with Crippen LogP contribution in [0.15, 0.2) is 42.6 Å². The van der Waals surface area contributed by atoms with Gasteiger partial charge in [0.2, 0.25) is 6.19 Å². The van der Waals surface area contributed by atoms with Crippen LogP contribution in [0.2, 0.25) is 0 Å². The summed E-state index contributed by atoms with van der Waals surface area (Å²) in [4.78, 5) is 16.6. The molecule has 2 heterocycles. The van der Waals surface area contributed by atoms with E-state index in [-0.39, 0.29) is 0 Å². The molecule has 25 heavy (non-hydrogen) atoms. The molecular formula is C17H12N6OS. The first-order valence-electron chi connectivity index (χ1n) is 7.45. The van der Waals surface area contributed by atoms with Gasteiger partial charge in [0, 0.05) is 11.1 Å². The van der Waals surface area contributed by atoms with Gasteiger partial charge in [-0.2, -0.15) is 15.0 Å². The molecule has 0 spiro atoms. The molecule has 0 aliphatic carbocycles. The zero-order valence-electron chi connectivity index (χ0n) is 13.1. The first kappa shape index (κ1) is 15.1. The van der Waals surface area contributed by atoms with Gasteiger partial charge in [-0.3, -0.25) is 5.32 Å². The Hall–Kier alpha value is -3.44. The standard InChI is InChI=1S/C17H12N6OS/c1-10-2-5-13-15(6-10)25-17(21-13)22-16(24)20-12-4-3-11-8-19-23(9-18)14(11)7-12/h2-8H,1H3,(H2,20,21,22,24). The van der Waals surface area contributed by atoms with Crippen LogP contribution in [0.5, 0.6) is 0 Å². The SMILES string of the molecule is Cc1ccc2nc(NC(=O)Nc3ccc4cnn(C#N)c4c3)sc2c1. The fraction of sp³-hybridized carbons (Fsp3) is 0.0588. The van der Waals surface area contributed by atoms with Crippen LogP contribution in [0.1, 0.15) is 5.56 Å². The third-order valence-corrected chi connectivity index (χ3v) is 4.62. The number of carbonyl (C=O) groups is 1. The number of aromatic nitrogens is 3. The average molecular weight is 348 g/mol. The number of hydrogen-bond acceptors (Lipinski definition) is 5. The predicted molar refractivity (Wildman–Crippen MR) is 97.7 cm³/mol. The Labute approximate surface area is 146 Å². The van der Waals surface area contributed by atoms with Crippen molar-refractivity contribution in [2.75, 3.05) is 10.6 Å². The number of nitrogens with one attached hydrogen (secondary N) is 2. The quantitative estimate of drug-likeness (QED) is 0.574. The fourth-order valence-electron chi connectivity index (χ4n) is 2.52. The molecule has 7 nitrogen and oxygen atoms in total. The molecule has 0 saturated carbocycles. The number of aryl methyl sites for hydroxylation is 1. The van der Waals surface area contributed by atoms with E-state index in [1.807, 2.05) is 31.3 Å². The second-order valence-corrected chi connectivity index (χ2v) is 6.53. The van der Waals surface area contributed by atoms with Gasteiger partial charge in [0.15, 0.2) is 5.13 Å². The summed E-state index contributed by atoms with van der Waals surface area (Å²) in [5.41, 5.74) is 3.20. The predicted octanol–water partition coefficient (Wildman–Crippen LogP) is 3.93. The van der Waals surface area contributed by atoms with Crippen LogP contribution in [0.3, 0.4) is 0 Å². The monoisotopic (exact) mass is 348 g/mol. The van der Waals surface area contributed by atoms with Crippen LogP contribution in [0.4, 0.5) is 15.6 Å². The lowest BCUT2D eigenvalue weighted by Crippen LogP contribution is -2.19. The lowest BCUT2D eigenvalue weighted by molar-refractivity contribution is 0.262. The molecule has 122 valence electrons. The van der Waals surface area contributed by atoms with Crippen molar-refractivity contribution in [3.8, 4) is 6.19 Å². The number of urea groups is 1. The molecule has 4 aromatic rings. The molecule has 0 atom stereocenters. The molecule has 0 fully saturated rings. The van der Waals surface area contributed by atoms with Gasteiger partial charge in [-0.1, -0.05) is 17.4 Å². The molecule has 0 aliphatic rings. The number of anilines is 2. The Morgan fingerprint density at radius 1 is 1.24 bits per heavy atom. The van der Waals surface area contributed by atoms with E-state index in [4.69, 9.17) is 5.26 Å². The molecule has 0 unspecified atom stereocenters. The zero-order chi connectivity index (χ0) is 17.4. The van der Waals surface area contributed by atoms with Crippen LogP contribution >= 0.6 is 11.3 Å². The van der Waals surface area contributed by atoms with Crippen molar-refractivity contribution in [3.05, 3.63) is 48.2 Å². The third-order valence-electron chi connectivity index (χ3n) is 3.69. The minimum atomic E-state index is -0.391. The van der Waals surface area contributed by atoms with Crippen LogP contribution in [0.25, 0.3) is 21.1 Å². The molecule has 2 aromatic heterocycles. The lowest BCUT2D eigenvalue weighted by atomic mass is 10.2. The second kappa shape index (κ2) is 5.89. The van der Waals surface area contributed by atoms with E-state index in [0.717, 1.165) is 21.2 Å². The zero-order valence-corrected chi connectivity index (χ0v) is 14.0. The molecule has 0 aliphatic heterocycles. The van der Waals surface area contributed by atoms with Crippen molar-refractivity contribution < 1.29 is 4.79 Å². The van der Waals surface area contributed by atoms with Gasteiger partial charge in [-0.25, -0.2) is 9.78 Å². The maximum Gasteiger partial charge on any atom is 0.325 e. The fourth-order valence-corrected chi connectivity index (χ4v) is 3.48. The Balaban J connectivity index is 1.54. The molecular weight excluding hydrogens is 336 g/mol. The summed E-state index contributed by atoms with van der Waals surface area (Å²) >= 11 is 1.42. The number of fused-ring (bicyclic) bond motifs is 2. The van der Waals surface area contributed by atoms with E-state index in [1.165, 1.54) is 16.0 Å². The number of benzene rings is 2. The van der Waals surface area contributed by atoms with Gasteiger partial charge in [0.25, 0.3) is 0 Å². The Morgan fingerprint density at radius 2 is 2.12 bits per heavy atom. The van der Waals surface area contributed by atoms with E-state index in [1.54, 1.807) is 24.4 Å². The second-order valence-electron chi connectivity index (χ2n) is 5.50. The van der Waals surface area contributed by atoms with Crippen LogP contribution in [0, 0.1) is 18.4 Å². The van der Waals surface area contributed by atoms with Gasteiger partial charge >= 0.3 is 6.03 Å². The van der Waals surface area contributed by atoms with Crippen molar-refractivity contribution in [3.63, 3.8) is 0 Å². The molecule has 0 radical (unpaired) electrons. The highest BCUT2D eigenvalue weighted by molar-refractivity contribution is 7.22. The first-order valence-corrected chi connectivity index (χ1v) is 8.27. The molecule has 4 rings (SSSR count). The number of carbonyl (C=O) groups excluding carboxylic acids is 1. The summed E-state index contributed by atoms with van der Waals surface area (Å²) in [6.07, 6.45) is 3.56. The van der Waals surface area contributed by atoms with Gasteiger partial charge < -0.3 is 5.32 Å². The molecule has 0 saturated heterocycles. The number of rotatable bonds is 2. The number of nitrogens with zero attached hydrogens (tertiary/aromatic N) is 4. The van der Waals surface area contributed by atoms with Crippen molar-refractivity contribution in [1.82, 2.24) is 14.8 Å². The Morgan fingerprint density at radius 3 is 2.96 bits per heavy atom. The smallest absolute Gasteiger partial charge is 0.308 e. The van der Waals surface area contributed by atoms with Crippen molar-refractivity contribution in [2.24, 2.45) is 0 Å². The molecule has 2 N–H and O–H groups in total. The van der Waals surface area contributed by atoms with Crippen LogP contribution < -0.4 is 10.6 Å². The van der Waals surface area contributed by atoms with E-state index in [2.05, 4.69) is 20.7 Å². The van der Waals surface area contributed by atoms with E-state index in [0.29, 0.717) is 16.3 Å². The lowest BCUT2D eigenvalue weighted by Gasteiger charge is -2.05. The third kappa shape index (κ3) is 2.88. The van der Waals surface area contributed by atoms with E-state index >= 15 is 0 Å². The maximum absolute atomic E-state index is 12.2. The van der Waals surface area contributed by atoms with Crippen molar-refractivity contribution in [1.29, 1.82) is 5.26 Å². The number of thiazole rings is 1. The summed E-state index contributed by atoms with van der Waals surface area (Å²) in [6, 6.07) is 10.8. The minimum Gasteiger partial charge on any atom is -0.308 e. The highest BCUT2D eigenvalue weighted by Crippen LogP contribution is 2.27. The largest absolute Gasteiger partial charge is 0.325 e. The Kier molecular flexibility index (Phi) is 3.56. The van der Waals surface area contributed by atoms with Gasteiger partial charge in [-0.05, 0) is 42.8 Å². The molecule has 2 amide bonds. The van der Waals surface area contributed by atoms with Gasteiger partial charge in [0.05, 0.1) is 21.9 Å². The van der Waals surface area contributed by atoms with Gasteiger partial charge in [-0.15, -0.1) is 0 Å². The summed E-state index contributed by atoms with van der Waals surface area (Å²) in [7, 11) is 0. The summed E-state index contributed by atoms with van der Waals surface area (Å²) in [5.74, 6) is 0. The highest BCUT2D eigenvalue weighted by atomic mass is 32.1. The van der Waals surface area contributed by atoms with Crippen molar-refractivity contribution in [2.45, 2.75) is 6.92 Å². The number of nitriles is 1. The number of hydrogen-bond donors (Lipinski definition) is 2. The average Bonchev–Trinajstić information content (AvgIpc) is 3.16. The molecule has 2 aromatic carbocycles. The van der Waals surface area contributed by atoms with E-state index in [9.17, 15) is 4.79 Å². The van der Waals surface area contributed by atoms with Crippen LogP contribution in [-0.4, -0.2) is 20.8 Å². The summed E-state index contributed by atoms with van der Waals surface area (Å²) in [5, 5.41) is 19.8. The maximum atomic E-state index is 12.2. The van der Waals surface area contributed by atoms with Crippen molar-refractivity contribution >= 4 is 49.3 Å². The number of amides is 2. The molecule has 0 bridgehead atoms. The first-order chi connectivity index (χ1) is 12.1. The van der Waals surface area contributed by atoms with Crippen LogP contribution in [-0.2, 0) is 0 Å². The topological polar surface area (TPSA) is 95.6 Å². The van der Waals surface area contributed by atoms with Gasteiger partial charge in [0.1, 0.15) is 0 Å². The molecule has 8 heteroatoms. The minimum absolute atomic E-state index is 0.391. The summed E-state index contributed by atoms with van der Waals surface area (Å²) in [6.45, 7) is 2.01. The normalized spacial score (nSPS) is 10.7.